The van der Waals surface area contributed by atoms with E-state index in [1.807, 2.05) is 0 Å². The SMILES string of the molecule is C[C@@H]1O[C@H](O[C@@H]2[C@@H](O)[C@@H](O)O[C@H](CO)[C@@H]2O[C@H]2O[C@H](CO)[C@@H](O)[C@H](O)[C@H]2O)[C@@H](O)[C@H](O)[C@@H]1O. The zero-order valence-corrected chi connectivity index (χ0v) is 17.6. The van der Waals surface area contributed by atoms with Gasteiger partial charge in [-0.25, -0.2) is 0 Å². The number of hydrogen-bond acceptors (Lipinski definition) is 15. The lowest BCUT2D eigenvalue weighted by atomic mass is 9.96. The number of aliphatic hydroxyl groups excluding tert-OH is 10. The van der Waals surface area contributed by atoms with Crippen molar-refractivity contribution < 1.29 is 74.7 Å². The van der Waals surface area contributed by atoms with Crippen molar-refractivity contribution >= 4 is 0 Å². The number of aliphatic hydroxyl groups is 10. The highest BCUT2D eigenvalue weighted by molar-refractivity contribution is 4.96. The van der Waals surface area contributed by atoms with E-state index >= 15 is 0 Å². The molecule has 194 valence electrons. The Balaban J connectivity index is 1.83. The first-order valence-electron chi connectivity index (χ1n) is 10.4. The zero-order valence-electron chi connectivity index (χ0n) is 17.6. The largest absolute Gasteiger partial charge is 0.394 e. The molecule has 3 aliphatic rings. The molecule has 3 fully saturated rings. The highest BCUT2D eigenvalue weighted by atomic mass is 16.8. The van der Waals surface area contributed by atoms with Gasteiger partial charge in [-0.2, -0.15) is 0 Å². The van der Waals surface area contributed by atoms with Crippen molar-refractivity contribution in [2.75, 3.05) is 13.2 Å². The lowest BCUT2D eigenvalue weighted by molar-refractivity contribution is -0.382. The molecule has 0 saturated carbocycles. The Labute approximate surface area is 187 Å². The predicted octanol–water partition coefficient (Wildman–Crippen LogP) is -6.55. The zero-order chi connectivity index (χ0) is 24.6. The van der Waals surface area contributed by atoms with E-state index < -0.39 is 105 Å². The molecule has 0 aromatic rings. The Bertz CT molecular complexity index is 624. The molecule has 0 aromatic carbocycles. The highest BCUT2D eigenvalue weighted by Crippen LogP contribution is 2.32. The first-order valence-corrected chi connectivity index (χ1v) is 10.4. The van der Waals surface area contributed by atoms with Crippen LogP contribution in [-0.2, 0) is 23.7 Å². The average Bonchev–Trinajstić information content (AvgIpc) is 2.80. The molecule has 3 rings (SSSR count). The minimum Gasteiger partial charge on any atom is -0.394 e. The molecule has 0 radical (unpaired) electrons. The highest BCUT2D eigenvalue weighted by Gasteiger charge is 2.53. The minimum atomic E-state index is -1.88. The average molecular weight is 488 g/mol. The summed E-state index contributed by atoms with van der Waals surface area (Å²) in [5.74, 6) is 0. The maximum atomic E-state index is 10.5. The van der Waals surface area contributed by atoms with E-state index in [9.17, 15) is 51.1 Å². The van der Waals surface area contributed by atoms with Crippen molar-refractivity contribution in [1.82, 2.24) is 0 Å². The first kappa shape index (κ1) is 27.0. The van der Waals surface area contributed by atoms with Gasteiger partial charge < -0.3 is 74.7 Å². The summed E-state index contributed by atoms with van der Waals surface area (Å²) in [7, 11) is 0. The van der Waals surface area contributed by atoms with E-state index in [-0.39, 0.29) is 0 Å². The molecule has 15 heteroatoms. The summed E-state index contributed by atoms with van der Waals surface area (Å²) in [6.07, 6.45) is -24.0. The van der Waals surface area contributed by atoms with E-state index in [0.717, 1.165) is 0 Å². The van der Waals surface area contributed by atoms with Gasteiger partial charge in [0.2, 0.25) is 0 Å². The lowest BCUT2D eigenvalue weighted by Gasteiger charge is -2.48. The fraction of sp³-hybridized carbons (Fsp3) is 1.00. The van der Waals surface area contributed by atoms with Crippen LogP contribution in [0.15, 0.2) is 0 Å². The van der Waals surface area contributed by atoms with Gasteiger partial charge in [0.05, 0.1) is 19.3 Å². The molecule has 0 unspecified atom stereocenters. The van der Waals surface area contributed by atoms with E-state index in [1.165, 1.54) is 6.92 Å². The molecule has 0 amide bonds. The third-order valence-electron chi connectivity index (χ3n) is 6.05. The molecule has 0 aromatic heterocycles. The van der Waals surface area contributed by atoms with E-state index in [1.54, 1.807) is 0 Å². The Morgan fingerprint density at radius 2 is 1.06 bits per heavy atom. The molecule has 15 nitrogen and oxygen atoms in total. The van der Waals surface area contributed by atoms with Crippen LogP contribution in [0.25, 0.3) is 0 Å². The molecule has 3 saturated heterocycles. The summed E-state index contributed by atoms with van der Waals surface area (Å²) in [5.41, 5.74) is 0. The predicted molar refractivity (Wildman–Crippen MR) is 99.8 cm³/mol. The van der Waals surface area contributed by atoms with Crippen LogP contribution < -0.4 is 0 Å². The Kier molecular flexibility index (Phi) is 8.99. The number of rotatable bonds is 6. The minimum absolute atomic E-state index is 0.739. The fourth-order valence-electron chi connectivity index (χ4n) is 3.99. The third kappa shape index (κ3) is 5.32. The first-order chi connectivity index (χ1) is 15.5. The third-order valence-corrected chi connectivity index (χ3v) is 6.05. The van der Waals surface area contributed by atoms with Crippen LogP contribution in [0.3, 0.4) is 0 Å². The van der Waals surface area contributed by atoms with Crippen LogP contribution in [0.1, 0.15) is 6.92 Å². The maximum absolute atomic E-state index is 10.5. The summed E-state index contributed by atoms with van der Waals surface area (Å²) in [6.45, 7) is -0.127. The fourth-order valence-corrected chi connectivity index (χ4v) is 3.99. The second kappa shape index (κ2) is 11.0. The van der Waals surface area contributed by atoms with Gasteiger partial charge in [0.1, 0.15) is 67.1 Å². The van der Waals surface area contributed by atoms with Gasteiger partial charge in [-0.05, 0) is 6.92 Å². The molecule has 15 atom stereocenters. The normalized spacial score (nSPS) is 53.7. The molecule has 3 heterocycles. The van der Waals surface area contributed by atoms with Crippen molar-refractivity contribution in [3.63, 3.8) is 0 Å². The van der Waals surface area contributed by atoms with Gasteiger partial charge >= 0.3 is 0 Å². The molecule has 0 bridgehead atoms. The van der Waals surface area contributed by atoms with E-state index in [2.05, 4.69) is 0 Å². The van der Waals surface area contributed by atoms with Gasteiger partial charge in [-0.15, -0.1) is 0 Å². The van der Waals surface area contributed by atoms with Crippen molar-refractivity contribution in [3.8, 4) is 0 Å². The van der Waals surface area contributed by atoms with Gasteiger partial charge in [-0.3, -0.25) is 0 Å². The van der Waals surface area contributed by atoms with Crippen LogP contribution >= 0.6 is 0 Å². The van der Waals surface area contributed by atoms with Crippen LogP contribution in [0.4, 0.5) is 0 Å². The second-order valence-corrected chi connectivity index (χ2v) is 8.32. The Morgan fingerprint density at radius 3 is 1.64 bits per heavy atom. The van der Waals surface area contributed by atoms with E-state index in [4.69, 9.17) is 23.7 Å². The topological polar surface area (TPSA) is 248 Å². The molecule has 3 aliphatic heterocycles. The summed E-state index contributed by atoms with van der Waals surface area (Å²) >= 11 is 0. The molecular weight excluding hydrogens is 456 g/mol. The molecule has 0 spiro atoms. The molecule has 33 heavy (non-hydrogen) atoms. The summed E-state index contributed by atoms with van der Waals surface area (Å²) in [6, 6.07) is 0. The Morgan fingerprint density at radius 1 is 0.545 bits per heavy atom. The van der Waals surface area contributed by atoms with Crippen molar-refractivity contribution in [3.05, 3.63) is 0 Å². The second-order valence-electron chi connectivity index (χ2n) is 8.32. The van der Waals surface area contributed by atoms with Gasteiger partial charge in [0.15, 0.2) is 18.9 Å². The van der Waals surface area contributed by atoms with E-state index in [0.29, 0.717) is 0 Å². The van der Waals surface area contributed by atoms with Gasteiger partial charge in [0, 0.05) is 0 Å². The quantitative estimate of drug-likeness (QED) is 0.167. The molecular formula is C18H32O15. The van der Waals surface area contributed by atoms with Gasteiger partial charge in [0.25, 0.3) is 0 Å². The summed E-state index contributed by atoms with van der Waals surface area (Å²) in [4.78, 5) is 0. The van der Waals surface area contributed by atoms with Gasteiger partial charge in [-0.1, -0.05) is 0 Å². The van der Waals surface area contributed by atoms with Crippen molar-refractivity contribution in [2.24, 2.45) is 0 Å². The standard InChI is InChI=1S/C18H32O15/c1-4-7(21)9(23)11(25)17(29-4)33-15-13(27)16(28)30-6(3-20)14(15)32-18-12(26)10(24)8(22)5(2-19)31-18/h4-28H,2-3H2,1H3/t4-,5+,6+,7+,8+,9+,10-,11-,12+,13+,14-,15+,16-,17+,18+/m0/s1. The summed E-state index contributed by atoms with van der Waals surface area (Å²) < 4.78 is 26.9. The van der Waals surface area contributed by atoms with Crippen LogP contribution in [0.2, 0.25) is 0 Å². The van der Waals surface area contributed by atoms with Crippen molar-refractivity contribution in [1.29, 1.82) is 0 Å². The van der Waals surface area contributed by atoms with Crippen LogP contribution in [-0.4, -0.2) is 156 Å². The summed E-state index contributed by atoms with van der Waals surface area (Å²) in [5, 5.41) is 99.8. The lowest BCUT2D eigenvalue weighted by Crippen LogP contribution is -2.66. The molecule has 0 aliphatic carbocycles. The van der Waals surface area contributed by atoms with Crippen LogP contribution in [0, 0.1) is 0 Å². The number of hydrogen-bond donors (Lipinski definition) is 10. The Hall–Kier alpha value is -0.600. The van der Waals surface area contributed by atoms with Crippen molar-refractivity contribution in [2.45, 2.75) is 99.0 Å². The maximum Gasteiger partial charge on any atom is 0.187 e. The smallest absolute Gasteiger partial charge is 0.187 e. The number of ether oxygens (including phenoxy) is 5. The van der Waals surface area contributed by atoms with Crippen LogP contribution in [0.5, 0.6) is 0 Å². The monoisotopic (exact) mass is 488 g/mol. The molecule has 10 N–H and O–H groups in total.